The molecular weight excluding hydrogens is 272 g/mol. The Morgan fingerprint density at radius 3 is 2.81 bits per heavy atom. The monoisotopic (exact) mass is 288 g/mol. The van der Waals surface area contributed by atoms with Gasteiger partial charge in [0, 0.05) is 36.3 Å². The van der Waals surface area contributed by atoms with Gasteiger partial charge in [0.1, 0.15) is 0 Å². The smallest absolute Gasteiger partial charge is 0.270 e. The zero-order valence-corrected chi connectivity index (χ0v) is 11.7. The average molecular weight is 288 g/mol. The van der Waals surface area contributed by atoms with E-state index in [1.54, 1.807) is 12.1 Å². The third-order valence-corrected chi connectivity index (χ3v) is 3.42. The molecule has 0 bridgehead atoms. The minimum atomic E-state index is -0.391. The highest BCUT2D eigenvalue weighted by Crippen LogP contribution is 2.27. The molecule has 2 aromatic rings. The van der Waals surface area contributed by atoms with Gasteiger partial charge in [-0.15, -0.1) is 0 Å². The molecule has 0 aliphatic carbocycles. The van der Waals surface area contributed by atoms with E-state index in [1.165, 1.54) is 6.07 Å². The fraction of sp³-hybridized carbons (Fsp3) is 0.357. The van der Waals surface area contributed by atoms with Crippen LogP contribution >= 0.6 is 0 Å². The summed E-state index contributed by atoms with van der Waals surface area (Å²) in [5.41, 5.74) is 5.84. The van der Waals surface area contributed by atoms with Crippen molar-refractivity contribution in [3.8, 4) is 0 Å². The van der Waals surface area contributed by atoms with E-state index < -0.39 is 4.92 Å². The number of fused-ring (bicyclic) bond motifs is 1. The van der Waals surface area contributed by atoms with Crippen LogP contribution in [0.1, 0.15) is 5.69 Å². The number of hydrogen-bond acceptors (Lipinski definition) is 6. The molecule has 0 amide bonds. The topological polar surface area (TPSA) is 80.5 Å². The van der Waals surface area contributed by atoms with Gasteiger partial charge < -0.3 is 10.2 Å². The lowest BCUT2D eigenvalue weighted by Gasteiger charge is -2.28. The molecule has 1 fully saturated rings. The van der Waals surface area contributed by atoms with Crippen LogP contribution in [0.15, 0.2) is 24.3 Å². The van der Waals surface area contributed by atoms with Gasteiger partial charge in [-0.3, -0.25) is 15.1 Å². The molecular formula is C14H16N4O3. The third-order valence-electron chi connectivity index (χ3n) is 3.42. The maximum absolute atomic E-state index is 11.0. The van der Waals surface area contributed by atoms with Crippen LogP contribution in [-0.2, 0) is 4.74 Å². The molecule has 0 radical (unpaired) electrons. The molecule has 21 heavy (non-hydrogen) atoms. The van der Waals surface area contributed by atoms with Gasteiger partial charge in [0.2, 0.25) is 0 Å². The fourth-order valence-electron chi connectivity index (χ4n) is 2.40. The number of nitrogens with one attached hydrogen (secondary N) is 1. The Balaban J connectivity index is 2.01. The van der Waals surface area contributed by atoms with Crippen molar-refractivity contribution in [1.82, 2.24) is 9.99 Å². The van der Waals surface area contributed by atoms with Crippen LogP contribution in [0.4, 0.5) is 11.4 Å². The van der Waals surface area contributed by atoms with Gasteiger partial charge in [0.05, 0.1) is 29.3 Å². The molecule has 1 saturated heterocycles. The number of aromatic nitrogens is 1. The number of nitro groups is 1. The van der Waals surface area contributed by atoms with E-state index in [9.17, 15) is 10.1 Å². The molecule has 0 atom stereocenters. The fourth-order valence-corrected chi connectivity index (χ4v) is 2.40. The van der Waals surface area contributed by atoms with Gasteiger partial charge in [-0.25, -0.2) is 5.01 Å². The first-order chi connectivity index (χ1) is 10.1. The van der Waals surface area contributed by atoms with E-state index in [2.05, 4.69) is 15.4 Å². The van der Waals surface area contributed by atoms with Crippen LogP contribution in [0.2, 0.25) is 0 Å². The number of aryl methyl sites for hydroxylation is 1. The number of benzene rings is 1. The number of nitrogens with zero attached hydrogens (tertiary/aromatic N) is 3. The van der Waals surface area contributed by atoms with Crippen LogP contribution in [0.25, 0.3) is 10.9 Å². The lowest BCUT2D eigenvalue weighted by Crippen LogP contribution is -2.40. The number of rotatable bonds is 3. The van der Waals surface area contributed by atoms with E-state index in [-0.39, 0.29) is 5.69 Å². The Bertz CT molecular complexity index is 683. The zero-order chi connectivity index (χ0) is 14.8. The third kappa shape index (κ3) is 2.93. The summed E-state index contributed by atoms with van der Waals surface area (Å²) in [6, 6.07) is 6.63. The molecule has 2 heterocycles. The number of morpholine rings is 1. The lowest BCUT2D eigenvalue weighted by molar-refractivity contribution is -0.384. The van der Waals surface area contributed by atoms with Crippen LogP contribution in [0.5, 0.6) is 0 Å². The van der Waals surface area contributed by atoms with E-state index in [1.807, 2.05) is 13.0 Å². The predicted octanol–water partition coefficient (Wildman–Crippen LogP) is 2.11. The van der Waals surface area contributed by atoms with Gasteiger partial charge in [-0.2, -0.15) is 0 Å². The summed E-state index contributed by atoms with van der Waals surface area (Å²) < 4.78 is 5.32. The summed E-state index contributed by atoms with van der Waals surface area (Å²) in [5, 5.41) is 13.8. The normalized spacial score (nSPS) is 16.0. The molecule has 1 aromatic heterocycles. The van der Waals surface area contributed by atoms with Crippen molar-refractivity contribution in [1.29, 1.82) is 0 Å². The summed E-state index contributed by atoms with van der Waals surface area (Å²) in [6.45, 7) is 4.81. The highest BCUT2D eigenvalue weighted by Gasteiger charge is 2.14. The first-order valence-electron chi connectivity index (χ1n) is 6.78. The number of anilines is 1. The first-order valence-corrected chi connectivity index (χ1v) is 6.78. The minimum absolute atomic E-state index is 0.0678. The molecule has 0 spiro atoms. The molecule has 0 unspecified atom stereocenters. The highest BCUT2D eigenvalue weighted by atomic mass is 16.6. The van der Waals surface area contributed by atoms with Gasteiger partial charge in [-0.1, -0.05) is 0 Å². The van der Waals surface area contributed by atoms with Gasteiger partial charge in [0.15, 0.2) is 0 Å². The predicted molar refractivity (Wildman–Crippen MR) is 79.1 cm³/mol. The second-order valence-electron chi connectivity index (χ2n) is 4.98. The first kappa shape index (κ1) is 13.7. The summed E-state index contributed by atoms with van der Waals surface area (Å²) in [4.78, 5) is 15.0. The summed E-state index contributed by atoms with van der Waals surface area (Å²) in [5.74, 6) is 0. The van der Waals surface area contributed by atoms with Crippen LogP contribution in [-0.4, -0.2) is 41.2 Å². The van der Waals surface area contributed by atoms with Gasteiger partial charge in [-0.05, 0) is 19.1 Å². The van der Waals surface area contributed by atoms with E-state index >= 15 is 0 Å². The average Bonchev–Trinajstić information content (AvgIpc) is 2.47. The van der Waals surface area contributed by atoms with Crippen molar-refractivity contribution in [3.05, 3.63) is 40.1 Å². The van der Waals surface area contributed by atoms with Crippen molar-refractivity contribution in [2.45, 2.75) is 6.92 Å². The number of nitro benzene ring substituents is 1. The van der Waals surface area contributed by atoms with Crippen LogP contribution in [0, 0.1) is 17.0 Å². The zero-order valence-electron chi connectivity index (χ0n) is 11.7. The number of hydrazine groups is 1. The number of pyridine rings is 1. The van der Waals surface area contributed by atoms with E-state index in [0.29, 0.717) is 13.2 Å². The summed E-state index contributed by atoms with van der Waals surface area (Å²) >= 11 is 0. The minimum Gasteiger partial charge on any atom is -0.379 e. The molecule has 1 aliphatic rings. The molecule has 3 rings (SSSR count). The second-order valence-corrected chi connectivity index (χ2v) is 4.98. The number of non-ortho nitro benzene ring substituents is 1. The molecule has 110 valence electrons. The number of ether oxygens (including phenoxy) is 1. The number of hydrogen-bond donors (Lipinski definition) is 1. The molecule has 7 nitrogen and oxygen atoms in total. The highest BCUT2D eigenvalue weighted by molar-refractivity contribution is 5.92. The largest absolute Gasteiger partial charge is 0.379 e. The standard InChI is InChI=1S/C14H16N4O3/c1-10-8-14(16-17-4-6-21-7-5-17)12-9-11(18(19)20)2-3-13(12)15-10/h2-3,8-9H,4-7H2,1H3,(H,15,16). The van der Waals surface area contributed by atoms with Crippen molar-refractivity contribution in [3.63, 3.8) is 0 Å². The Labute approximate surface area is 121 Å². The van der Waals surface area contributed by atoms with Gasteiger partial charge in [0.25, 0.3) is 5.69 Å². The second kappa shape index (κ2) is 5.63. The van der Waals surface area contributed by atoms with Crippen molar-refractivity contribution in [2.75, 3.05) is 31.7 Å². The summed E-state index contributed by atoms with van der Waals surface area (Å²) in [6.07, 6.45) is 0. The van der Waals surface area contributed by atoms with Crippen molar-refractivity contribution in [2.24, 2.45) is 0 Å². The molecule has 0 saturated carbocycles. The van der Waals surface area contributed by atoms with E-state index in [4.69, 9.17) is 4.74 Å². The SMILES string of the molecule is Cc1cc(NN2CCOCC2)c2cc([N+](=O)[O-])ccc2n1. The Morgan fingerprint density at radius 2 is 2.10 bits per heavy atom. The maximum Gasteiger partial charge on any atom is 0.270 e. The maximum atomic E-state index is 11.0. The molecule has 7 heteroatoms. The van der Waals surface area contributed by atoms with Crippen molar-refractivity contribution >= 4 is 22.3 Å². The van der Waals surface area contributed by atoms with Gasteiger partial charge >= 0.3 is 0 Å². The molecule has 1 aromatic carbocycles. The Kier molecular flexibility index (Phi) is 3.68. The summed E-state index contributed by atoms with van der Waals surface area (Å²) in [7, 11) is 0. The Morgan fingerprint density at radius 1 is 1.33 bits per heavy atom. The van der Waals surface area contributed by atoms with Crippen LogP contribution < -0.4 is 5.43 Å². The van der Waals surface area contributed by atoms with Crippen LogP contribution in [0.3, 0.4) is 0 Å². The molecule has 1 N–H and O–H groups in total. The van der Waals surface area contributed by atoms with Crippen molar-refractivity contribution < 1.29 is 9.66 Å². The van der Waals surface area contributed by atoms with E-state index in [0.717, 1.165) is 35.4 Å². The Hall–Kier alpha value is -2.25. The quantitative estimate of drug-likeness (QED) is 0.688. The molecule has 1 aliphatic heterocycles. The lowest BCUT2D eigenvalue weighted by atomic mass is 10.1.